The quantitative estimate of drug-likeness (QED) is 0.234. The summed E-state index contributed by atoms with van der Waals surface area (Å²) in [5, 5.41) is 0. The average molecular weight is 332 g/mol. The van der Waals surface area contributed by atoms with Crippen LogP contribution >= 0.6 is 0 Å². The van der Waals surface area contributed by atoms with Crippen LogP contribution in [0.5, 0.6) is 0 Å². The van der Waals surface area contributed by atoms with Crippen molar-refractivity contribution >= 4 is 17.9 Å². The second-order valence-corrected chi connectivity index (χ2v) is 6.12. The number of carbonyl (C=O) groups is 3. The minimum absolute atomic E-state index is 0.106. The van der Waals surface area contributed by atoms with Gasteiger partial charge in [0, 0.05) is 13.3 Å². The van der Waals surface area contributed by atoms with E-state index in [1.807, 2.05) is 14.1 Å². The fraction of sp³-hybridized carbons (Fsp3) is 0.812. The van der Waals surface area contributed by atoms with E-state index in [2.05, 4.69) is 6.92 Å². The summed E-state index contributed by atoms with van der Waals surface area (Å²) >= 11 is 0. The molecule has 0 rings (SSSR count). The molecule has 0 atom stereocenters. The first-order valence-corrected chi connectivity index (χ1v) is 8.03. The van der Waals surface area contributed by atoms with E-state index < -0.39 is 5.97 Å². The molecule has 0 aliphatic heterocycles. The van der Waals surface area contributed by atoms with Gasteiger partial charge in [0.15, 0.2) is 6.54 Å². The summed E-state index contributed by atoms with van der Waals surface area (Å²) in [5.41, 5.74) is 0. The molecule has 0 aromatic rings. The zero-order chi connectivity index (χ0) is 17.7. The van der Waals surface area contributed by atoms with Crippen molar-refractivity contribution in [3.8, 4) is 0 Å². The van der Waals surface area contributed by atoms with E-state index in [9.17, 15) is 14.4 Å². The van der Waals surface area contributed by atoms with Gasteiger partial charge < -0.3 is 18.7 Å². The first kappa shape index (κ1) is 21.4. The molecule has 7 heteroatoms. The second-order valence-electron chi connectivity index (χ2n) is 6.12. The van der Waals surface area contributed by atoms with Gasteiger partial charge in [0.2, 0.25) is 6.79 Å². The van der Waals surface area contributed by atoms with Crippen molar-refractivity contribution < 1.29 is 33.1 Å². The molecule has 0 saturated heterocycles. The molecule has 0 aliphatic carbocycles. The zero-order valence-electron chi connectivity index (χ0n) is 14.8. The standard InChI is InChI=1S/C16H30NO6/c1-5-6-7-8-9-15(19)22-13-23-16(20)12-17(3,4)10-11-21-14(2)18/h5-13H2,1-4H3/q+1. The van der Waals surface area contributed by atoms with Gasteiger partial charge in [-0.3, -0.25) is 9.59 Å². The Morgan fingerprint density at radius 2 is 1.57 bits per heavy atom. The maximum Gasteiger partial charge on any atom is 0.364 e. The number of ether oxygens (including phenoxy) is 3. The van der Waals surface area contributed by atoms with E-state index in [-0.39, 0.29) is 31.9 Å². The molecule has 0 heterocycles. The summed E-state index contributed by atoms with van der Waals surface area (Å²) in [6.45, 7) is 3.92. The Hall–Kier alpha value is -1.63. The molecule has 7 nitrogen and oxygen atoms in total. The highest BCUT2D eigenvalue weighted by molar-refractivity contribution is 5.71. The van der Waals surface area contributed by atoms with Gasteiger partial charge in [0.05, 0.1) is 14.1 Å². The molecule has 0 N–H and O–H groups in total. The number of esters is 3. The number of hydrogen-bond donors (Lipinski definition) is 0. The Labute approximate surface area is 138 Å². The Morgan fingerprint density at radius 1 is 0.913 bits per heavy atom. The molecule has 0 spiro atoms. The molecule has 23 heavy (non-hydrogen) atoms. The van der Waals surface area contributed by atoms with Gasteiger partial charge in [-0.05, 0) is 6.42 Å². The van der Waals surface area contributed by atoms with E-state index >= 15 is 0 Å². The highest BCUT2D eigenvalue weighted by Gasteiger charge is 2.21. The lowest BCUT2D eigenvalue weighted by atomic mass is 10.2. The van der Waals surface area contributed by atoms with Crippen LogP contribution in [0.2, 0.25) is 0 Å². The number of nitrogens with zero attached hydrogens (tertiary/aromatic N) is 1. The third-order valence-electron chi connectivity index (χ3n) is 3.23. The van der Waals surface area contributed by atoms with Gasteiger partial charge in [0.25, 0.3) is 0 Å². The summed E-state index contributed by atoms with van der Waals surface area (Å²) in [7, 11) is 3.65. The van der Waals surface area contributed by atoms with E-state index in [4.69, 9.17) is 14.2 Å². The summed E-state index contributed by atoms with van der Waals surface area (Å²) < 4.78 is 14.9. The molecule has 0 amide bonds. The fourth-order valence-electron chi connectivity index (χ4n) is 1.84. The van der Waals surface area contributed by atoms with Gasteiger partial charge in [-0.1, -0.05) is 26.2 Å². The predicted octanol–water partition coefficient (Wildman–Crippen LogP) is 1.64. The zero-order valence-corrected chi connectivity index (χ0v) is 14.8. The summed E-state index contributed by atoms with van der Waals surface area (Å²) in [4.78, 5) is 33.8. The molecule has 0 aliphatic rings. The average Bonchev–Trinajstić information content (AvgIpc) is 2.42. The lowest BCUT2D eigenvalue weighted by Crippen LogP contribution is -2.46. The van der Waals surface area contributed by atoms with Crippen molar-refractivity contribution in [3.63, 3.8) is 0 Å². The Balaban J connectivity index is 3.80. The Bertz CT molecular complexity index is 381. The molecular formula is C16H30NO6+. The maximum absolute atomic E-state index is 11.7. The largest absolute Gasteiger partial charge is 0.460 e. The van der Waals surface area contributed by atoms with Gasteiger partial charge in [-0.25, -0.2) is 4.79 Å². The third kappa shape index (κ3) is 13.7. The minimum Gasteiger partial charge on any atom is -0.460 e. The molecule has 134 valence electrons. The van der Waals surface area contributed by atoms with Crippen LogP contribution in [-0.4, -0.2) is 63.0 Å². The molecule has 0 saturated carbocycles. The van der Waals surface area contributed by atoms with Crippen LogP contribution in [0.4, 0.5) is 0 Å². The van der Waals surface area contributed by atoms with Crippen LogP contribution < -0.4 is 0 Å². The van der Waals surface area contributed by atoms with Crippen molar-refractivity contribution in [2.24, 2.45) is 0 Å². The van der Waals surface area contributed by atoms with Gasteiger partial charge in [-0.2, -0.15) is 0 Å². The topological polar surface area (TPSA) is 78.9 Å². The third-order valence-corrected chi connectivity index (χ3v) is 3.23. The smallest absolute Gasteiger partial charge is 0.364 e. The molecule has 0 unspecified atom stereocenters. The number of carbonyl (C=O) groups excluding carboxylic acids is 3. The van der Waals surface area contributed by atoms with E-state index in [1.54, 1.807) is 0 Å². The first-order valence-electron chi connectivity index (χ1n) is 8.03. The van der Waals surface area contributed by atoms with Crippen molar-refractivity contribution in [3.05, 3.63) is 0 Å². The van der Waals surface area contributed by atoms with Crippen molar-refractivity contribution in [2.45, 2.75) is 46.0 Å². The number of rotatable bonds is 12. The predicted molar refractivity (Wildman–Crippen MR) is 84.3 cm³/mol. The molecular weight excluding hydrogens is 302 g/mol. The number of hydrogen-bond acceptors (Lipinski definition) is 6. The summed E-state index contributed by atoms with van der Waals surface area (Å²) in [6.07, 6.45) is 4.35. The Kier molecular flexibility index (Phi) is 11.0. The second kappa shape index (κ2) is 11.9. The van der Waals surface area contributed by atoms with E-state index in [0.29, 0.717) is 17.4 Å². The molecule has 0 aromatic carbocycles. The molecule has 0 bridgehead atoms. The highest BCUT2D eigenvalue weighted by Crippen LogP contribution is 2.04. The van der Waals surface area contributed by atoms with Gasteiger partial charge in [-0.15, -0.1) is 0 Å². The van der Waals surface area contributed by atoms with Crippen LogP contribution in [0.1, 0.15) is 46.0 Å². The van der Waals surface area contributed by atoms with Crippen LogP contribution in [0.3, 0.4) is 0 Å². The van der Waals surface area contributed by atoms with E-state index in [1.165, 1.54) is 6.92 Å². The van der Waals surface area contributed by atoms with Crippen LogP contribution in [0.15, 0.2) is 0 Å². The monoisotopic (exact) mass is 332 g/mol. The van der Waals surface area contributed by atoms with Crippen LogP contribution in [0.25, 0.3) is 0 Å². The van der Waals surface area contributed by atoms with Crippen LogP contribution in [0, 0.1) is 0 Å². The van der Waals surface area contributed by atoms with Crippen LogP contribution in [-0.2, 0) is 28.6 Å². The molecule has 0 aromatic heterocycles. The summed E-state index contributed by atoms with van der Waals surface area (Å²) in [5.74, 6) is -1.16. The van der Waals surface area contributed by atoms with Gasteiger partial charge >= 0.3 is 17.9 Å². The van der Waals surface area contributed by atoms with Crippen molar-refractivity contribution in [1.82, 2.24) is 0 Å². The molecule has 0 fully saturated rings. The first-order chi connectivity index (χ1) is 10.8. The van der Waals surface area contributed by atoms with Gasteiger partial charge in [0.1, 0.15) is 13.2 Å². The highest BCUT2D eigenvalue weighted by atomic mass is 16.7. The number of unbranched alkanes of at least 4 members (excludes halogenated alkanes) is 3. The lowest BCUT2D eigenvalue weighted by Gasteiger charge is -2.28. The molecule has 0 radical (unpaired) electrons. The minimum atomic E-state index is -0.461. The normalized spacial score (nSPS) is 11.0. The van der Waals surface area contributed by atoms with E-state index in [0.717, 1.165) is 25.7 Å². The van der Waals surface area contributed by atoms with Crippen molar-refractivity contribution in [2.75, 3.05) is 40.6 Å². The number of quaternary nitrogens is 1. The van der Waals surface area contributed by atoms with Crippen molar-refractivity contribution in [1.29, 1.82) is 0 Å². The SMILES string of the molecule is CCCCCCC(=O)OCOC(=O)C[N+](C)(C)CCOC(C)=O. The lowest BCUT2D eigenvalue weighted by molar-refractivity contribution is -0.883. The fourth-order valence-corrected chi connectivity index (χ4v) is 1.84. The maximum atomic E-state index is 11.7. The number of likely N-dealkylation sites (N-methyl/N-ethyl adjacent to an activating group) is 1. The Morgan fingerprint density at radius 3 is 2.17 bits per heavy atom. The summed E-state index contributed by atoms with van der Waals surface area (Å²) in [6, 6.07) is 0.